The minimum absolute atomic E-state index is 0.447. The molecule has 0 saturated carbocycles. The number of thiophene rings is 1. The van der Waals surface area contributed by atoms with Gasteiger partial charge in [-0.2, -0.15) is 0 Å². The number of nitrogens with two attached hydrogens (primary N) is 1. The van der Waals surface area contributed by atoms with Crippen molar-refractivity contribution >= 4 is 17.2 Å². The third kappa shape index (κ3) is 1.65. The molecule has 0 radical (unpaired) electrons. The Morgan fingerprint density at radius 1 is 1.40 bits per heavy atom. The molecular weight excluding hydrogens is 208 g/mol. The normalized spacial score (nSPS) is 10.8. The predicted molar refractivity (Wildman–Crippen MR) is 63.0 cm³/mol. The highest BCUT2D eigenvalue weighted by Crippen LogP contribution is 2.34. The maximum absolute atomic E-state index is 5.72. The van der Waals surface area contributed by atoms with Crippen LogP contribution in [-0.4, -0.2) is 5.16 Å². The smallest absolute Gasteiger partial charge is 0.225 e. The molecule has 2 aromatic heterocycles. The summed E-state index contributed by atoms with van der Waals surface area (Å²) in [5.74, 6) is 0.447. The number of nitrogen functional groups attached to an aromatic ring is 1. The second-order valence-corrected chi connectivity index (χ2v) is 4.27. The van der Waals surface area contributed by atoms with E-state index in [2.05, 4.69) is 30.5 Å². The van der Waals surface area contributed by atoms with Gasteiger partial charge in [0.1, 0.15) is 5.69 Å². The third-order valence-electron chi connectivity index (χ3n) is 2.51. The van der Waals surface area contributed by atoms with Gasteiger partial charge < -0.3 is 10.3 Å². The van der Waals surface area contributed by atoms with E-state index in [4.69, 9.17) is 10.3 Å². The van der Waals surface area contributed by atoms with Gasteiger partial charge in [-0.15, -0.1) is 11.3 Å². The van der Waals surface area contributed by atoms with E-state index in [1.54, 1.807) is 11.3 Å². The van der Waals surface area contributed by atoms with Crippen molar-refractivity contribution in [3.05, 3.63) is 22.6 Å². The molecule has 0 atom stereocenters. The SMILES string of the molecule is CCc1ccsc1-c1noc(N)c1CC. The van der Waals surface area contributed by atoms with Crippen LogP contribution < -0.4 is 5.73 Å². The van der Waals surface area contributed by atoms with Crippen LogP contribution in [0.1, 0.15) is 25.0 Å². The van der Waals surface area contributed by atoms with Crippen LogP contribution in [0.25, 0.3) is 10.6 Å². The Morgan fingerprint density at radius 2 is 2.20 bits per heavy atom. The lowest BCUT2D eigenvalue weighted by Crippen LogP contribution is -1.90. The molecule has 0 bridgehead atoms. The molecule has 15 heavy (non-hydrogen) atoms. The molecule has 0 spiro atoms. The fourth-order valence-electron chi connectivity index (χ4n) is 1.66. The summed E-state index contributed by atoms with van der Waals surface area (Å²) < 4.78 is 5.04. The molecule has 3 nitrogen and oxygen atoms in total. The van der Waals surface area contributed by atoms with Crippen molar-refractivity contribution in [2.45, 2.75) is 26.7 Å². The Hall–Kier alpha value is -1.29. The number of nitrogens with zero attached hydrogens (tertiary/aromatic N) is 1. The van der Waals surface area contributed by atoms with Crippen molar-refractivity contribution in [1.29, 1.82) is 0 Å². The molecule has 0 aliphatic rings. The van der Waals surface area contributed by atoms with E-state index in [0.717, 1.165) is 24.1 Å². The maximum Gasteiger partial charge on any atom is 0.225 e. The Labute approximate surface area is 92.9 Å². The van der Waals surface area contributed by atoms with Crippen LogP contribution in [0.4, 0.5) is 5.88 Å². The van der Waals surface area contributed by atoms with Crippen LogP contribution in [0.5, 0.6) is 0 Å². The molecule has 0 saturated heterocycles. The summed E-state index contributed by atoms with van der Waals surface area (Å²) in [5.41, 5.74) is 8.97. The van der Waals surface area contributed by atoms with Crippen molar-refractivity contribution in [3.63, 3.8) is 0 Å². The van der Waals surface area contributed by atoms with E-state index < -0.39 is 0 Å². The molecule has 4 heteroatoms. The van der Waals surface area contributed by atoms with Crippen LogP contribution in [0.2, 0.25) is 0 Å². The molecule has 2 rings (SSSR count). The van der Waals surface area contributed by atoms with Crippen molar-refractivity contribution in [2.75, 3.05) is 5.73 Å². The summed E-state index contributed by atoms with van der Waals surface area (Å²) in [6.45, 7) is 4.20. The minimum atomic E-state index is 0.447. The highest BCUT2D eigenvalue weighted by molar-refractivity contribution is 7.13. The van der Waals surface area contributed by atoms with Gasteiger partial charge >= 0.3 is 0 Å². The third-order valence-corrected chi connectivity index (χ3v) is 3.48. The van der Waals surface area contributed by atoms with Crippen LogP contribution in [0.3, 0.4) is 0 Å². The molecule has 2 aromatic rings. The van der Waals surface area contributed by atoms with Crippen LogP contribution in [-0.2, 0) is 12.8 Å². The van der Waals surface area contributed by atoms with E-state index in [0.29, 0.717) is 5.88 Å². The van der Waals surface area contributed by atoms with Gasteiger partial charge in [0.15, 0.2) is 0 Å². The Kier molecular flexibility index (Phi) is 2.77. The lowest BCUT2D eigenvalue weighted by atomic mass is 10.1. The lowest BCUT2D eigenvalue weighted by Gasteiger charge is -1.99. The van der Waals surface area contributed by atoms with E-state index in [1.165, 1.54) is 10.4 Å². The number of hydrogen-bond donors (Lipinski definition) is 1. The maximum atomic E-state index is 5.72. The molecule has 0 fully saturated rings. The van der Waals surface area contributed by atoms with Gasteiger partial charge in [0.25, 0.3) is 0 Å². The first-order valence-electron chi connectivity index (χ1n) is 5.08. The summed E-state index contributed by atoms with van der Waals surface area (Å²) in [6, 6.07) is 2.13. The van der Waals surface area contributed by atoms with E-state index in [-0.39, 0.29) is 0 Å². The van der Waals surface area contributed by atoms with Crippen LogP contribution >= 0.6 is 11.3 Å². The summed E-state index contributed by atoms with van der Waals surface area (Å²) >= 11 is 1.69. The number of aromatic nitrogens is 1. The molecule has 0 amide bonds. The van der Waals surface area contributed by atoms with Crippen LogP contribution in [0.15, 0.2) is 16.0 Å². The Balaban J connectivity index is 2.53. The number of rotatable bonds is 3. The molecule has 2 heterocycles. The number of hydrogen-bond acceptors (Lipinski definition) is 4. The standard InChI is InChI=1S/C11H14N2OS/c1-3-7-5-6-15-10(7)9-8(4-2)11(12)14-13-9/h5-6H,3-4,12H2,1-2H3. The zero-order chi connectivity index (χ0) is 10.8. The molecule has 80 valence electrons. The fourth-order valence-corrected chi connectivity index (χ4v) is 2.67. The number of anilines is 1. The zero-order valence-corrected chi connectivity index (χ0v) is 9.73. The monoisotopic (exact) mass is 222 g/mol. The first-order valence-corrected chi connectivity index (χ1v) is 5.96. The molecule has 0 unspecified atom stereocenters. The second kappa shape index (κ2) is 4.06. The second-order valence-electron chi connectivity index (χ2n) is 3.36. The van der Waals surface area contributed by atoms with Crippen molar-refractivity contribution in [1.82, 2.24) is 5.16 Å². The van der Waals surface area contributed by atoms with Crippen molar-refractivity contribution in [2.24, 2.45) is 0 Å². The average Bonchev–Trinajstić information content (AvgIpc) is 2.82. The Bertz CT molecular complexity index is 459. The molecule has 0 aliphatic carbocycles. The molecule has 0 aliphatic heterocycles. The van der Waals surface area contributed by atoms with Crippen molar-refractivity contribution in [3.8, 4) is 10.6 Å². The Morgan fingerprint density at radius 3 is 2.87 bits per heavy atom. The van der Waals surface area contributed by atoms with Gasteiger partial charge in [0.2, 0.25) is 5.88 Å². The van der Waals surface area contributed by atoms with E-state index in [1.807, 2.05) is 0 Å². The first-order chi connectivity index (χ1) is 7.27. The lowest BCUT2D eigenvalue weighted by molar-refractivity contribution is 0.438. The molecule has 2 N–H and O–H groups in total. The summed E-state index contributed by atoms with van der Waals surface area (Å²) in [7, 11) is 0. The van der Waals surface area contributed by atoms with Gasteiger partial charge in [-0.3, -0.25) is 0 Å². The van der Waals surface area contributed by atoms with Gasteiger partial charge in [0, 0.05) is 5.56 Å². The largest absolute Gasteiger partial charge is 0.367 e. The topological polar surface area (TPSA) is 52.0 Å². The minimum Gasteiger partial charge on any atom is -0.367 e. The first kappa shape index (κ1) is 10.2. The summed E-state index contributed by atoms with van der Waals surface area (Å²) in [5, 5.41) is 6.13. The fraction of sp³-hybridized carbons (Fsp3) is 0.364. The van der Waals surface area contributed by atoms with Gasteiger partial charge in [0.05, 0.1) is 4.88 Å². The highest BCUT2D eigenvalue weighted by atomic mass is 32.1. The summed E-state index contributed by atoms with van der Waals surface area (Å²) in [4.78, 5) is 1.19. The van der Waals surface area contributed by atoms with E-state index >= 15 is 0 Å². The zero-order valence-electron chi connectivity index (χ0n) is 8.91. The molecular formula is C11H14N2OS. The van der Waals surface area contributed by atoms with Crippen LogP contribution in [0, 0.1) is 0 Å². The number of aryl methyl sites for hydroxylation is 1. The van der Waals surface area contributed by atoms with Gasteiger partial charge in [-0.25, -0.2) is 0 Å². The summed E-state index contributed by atoms with van der Waals surface area (Å²) in [6.07, 6.45) is 1.86. The van der Waals surface area contributed by atoms with Gasteiger partial charge in [-0.05, 0) is 29.9 Å². The predicted octanol–water partition coefficient (Wildman–Crippen LogP) is 3.11. The molecule has 0 aromatic carbocycles. The van der Waals surface area contributed by atoms with Gasteiger partial charge in [-0.1, -0.05) is 19.0 Å². The average molecular weight is 222 g/mol. The van der Waals surface area contributed by atoms with Crippen molar-refractivity contribution < 1.29 is 4.52 Å². The highest BCUT2D eigenvalue weighted by Gasteiger charge is 2.16. The van der Waals surface area contributed by atoms with E-state index in [9.17, 15) is 0 Å². The quantitative estimate of drug-likeness (QED) is 0.868.